The summed E-state index contributed by atoms with van der Waals surface area (Å²) in [6.07, 6.45) is 1.65. The second-order valence-electron chi connectivity index (χ2n) is 8.62. The summed E-state index contributed by atoms with van der Waals surface area (Å²) in [5, 5.41) is 42.7. The third-order valence-electron chi connectivity index (χ3n) is 6.70. The molecule has 8 nitrogen and oxygen atoms in total. The fourth-order valence-electron chi connectivity index (χ4n) is 5.30. The van der Waals surface area contributed by atoms with Crippen molar-refractivity contribution in [3.8, 4) is 0 Å². The molecule has 5 aromatic rings. The molecule has 0 aliphatic carbocycles. The molecule has 5 aromatic carbocycles. The van der Waals surface area contributed by atoms with Crippen LogP contribution in [0.4, 0.5) is 0 Å². The molecule has 0 unspecified atom stereocenters. The fourth-order valence-corrected chi connectivity index (χ4v) is 5.30. The predicted octanol–water partition coefficient (Wildman–Crippen LogP) is 5.69. The van der Waals surface area contributed by atoms with E-state index in [0.29, 0.717) is 57.1 Å². The summed E-state index contributed by atoms with van der Waals surface area (Å²) in [5.74, 6) is -5.11. The molecule has 0 aromatic heterocycles. The van der Waals surface area contributed by atoms with E-state index in [9.17, 15) is 39.6 Å². The van der Waals surface area contributed by atoms with Crippen LogP contribution < -0.4 is 0 Å². The Morgan fingerprint density at radius 3 is 1.47 bits per heavy atom. The first-order chi connectivity index (χ1) is 17.2. The van der Waals surface area contributed by atoms with Crippen molar-refractivity contribution in [3.05, 3.63) is 77.2 Å². The molecule has 1 radical (unpaired) electrons. The highest BCUT2D eigenvalue weighted by molar-refractivity contribution is 6.38. The average Bonchev–Trinajstić information content (AvgIpc) is 2.84. The van der Waals surface area contributed by atoms with Crippen molar-refractivity contribution < 1.29 is 39.6 Å². The van der Waals surface area contributed by atoms with Crippen LogP contribution in [0.3, 0.4) is 0 Å². The lowest BCUT2D eigenvalue weighted by molar-refractivity contribution is 0.0681. The van der Waals surface area contributed by atoms with Gasteiger partial charge in [-0.25, -0.2) is 19.2 Å². The number of rotatable bonds is 7. The van der Waals surface area contributed by atoms with Gasteiger partial charge in [0.2, 0.25) is 0 Å². The maximum atomic E-state index is 12.3. The van der Waals surface area contributed by atoms with Crippen molar-refractivity contribution in [2.75, 3.05) is 0 Å². The molecular weight excluding hydrogens is 464 g/mol. The molecule has 0 spiro atoms. The summed E-state index contributed by atoms with van der Waals surface area (Å²) in [6, 6.07) is 10.2. The van der Waals surface area contributed by atoms with Gasteiger partial charge in [-0.2, -0.15) is 0 Å². The number of hydrogen-bond acceptors (Lipinski definition) is 4. The molecule has 0 aliphatic rings. The number of benzene rings is 5. The lowest BCUT2D eigenvalue weighted by Gasteiger charge is -2.21. The first kappa shape index (κ1) is 23.0. The fraction of sp³-hybridized carbons (Fsp3) is 0.107. The van der Waals surface area contributed by atoms with Crippen molar-refractivity contribution in [2.45, 2.75) is 19.3 Å². The molecular formula is C28H19O8. The van der Waals surface area contributed by atoms with Crippen LogP contribution in [0.1, 0.15) is 59.8 Å². The molecule has 0 aliphatic heterocycles. The number of hydrogen-bond donors (Lipinski definition) is 4. The number of fused-ring (bicyclic) bond motifs is 2. The highest BCUT2D eigenvalue weighted by Crippen LogP contribution is 2.45. The van der Waals surface area contributed by atoms with Crippen molar-refractivity contribution in [3.63, 3.8) is 0 Å². The van der Waals surface area contributed by atoms with Crippen LogP contribution in [0.15, 0.2) is 42.5 Å². The number of unbranched alkanes of at least 4 members (excludes halogenated alkanes) is 1. The number of aromatic carboxylic acids is 4. The average molecular weight is 483 g/mol. The summed E-state index contributed by atoms with van der Waals surface area (Å²) in [4.78, 5) is 48.5. The second-order valence-corrected chi connectivity index (χ2v) is 8.62. The minimum atomic E-state index is -1.28. The Hall–Kier alpha value is -4.72. The van der Waals surface area contributed by atoms with Gasteiger partial charge in [0, 0.05) is 10.8 Å². The van der Waals surface area contributed by atoms with Crippen LogP contribution in [0.25, 0.3) is 43.1 Å². The maximum absolute atomic E-state index is 12.3. The summed E-state index contributed by atoms with van der Waals surface area (Å²) in [7, 11) is 0. The van der Waals surface area contributed by atoms with Gasteiger partial charge in [0.1, 0.15) is 0 Å². The molecule has 4 N–H and O–H groups in total. The van der Waals surface area contributed by atoms with Gasteiger partial charge in [0.25, 0.3) is 0 Å². The summed E-state index contributed by atoms with van der Waals surface area (Å²) >= 11 is 0. The van der Waals surface area contributed by atoms with E-state index >= 15 is 0 Å². The molecule has 179 valence electrons. The van der Waals surface area contributed by atoms with Gasteiger partial charge in [-0.15, -0.1) is 0 Å². The van der Waals surface area contributed by atoms with E-state index in [0.717, 1.165) is 0 Å². The Bertz CT molecular complexity index is 1760. The normalized spacial score (nSPS) is 11.6. The van der Waals surface area contributed by atoms with Gasteiger partial charge >= 0.3 is 23.9 Å². The zero-order valence-electron chi connectivity index (χ0n) is 18.8. The molecule has 36 heavy (non-hydrogen) atoms. The quantitative estimate of drug-likeness (QED) is 0.170. The van der Waals surface area contributed by atoms with Crippen molar-refractivity contribution >= 4 is 67.0 Å². The lowest BCUT2D eigenvalue weighted by Crippen LogP contribution is -2.08. The highest BCUT2D eigenvalue weighted by Gasteiger charge is 2.27. The van der Waals surface area contributed by atoms with Crippen LogP contribution in [0, 0.1) is 6.92 Å². The summed E-state index contributed by atoms with van der Waals surface area (Å²) in [5.41, 5.74) is -0.00750. The van der Waals surface area contributed by atoms with Gasteiger partial charge in [0.05, 0.1) is 22.3 Å². The van der Waals surface area contributed by atoms with E-state index in [-0.39, 0.29) is 33.0 Å². The Kier molecular flexibility index (Phi) is 5.25. The van der Waals surface area contributed by atoms with Crippen molar-refractivity contribution in [2.24, 2.45) is 0 Å². The smallest absolute Gasteiger partial charge is 0.336 e. The van der Waals surface area contributed by atoms with Crippen LogP contribution >= 0.6 is 0 Å². The Morgan fingerprint density at radius 2 is 1.00 bits per heavy atom. The van der Waals surface area contributed by atoms with Crippen LogP contribution in [-0.2, 0) is 6.42 Å². The molecule has 8 heteroatoms. The van der Waals surface area contributed by atoms with E-state index in [2.05, 4.69) is 6.92 Å². The van der Waals surface area contributed by atoms with Crippen molar-refractivity contribution in [1.82, 2.24) is 0 Å². The largest absolute Gasteiger partial charge is 0.478 e. The zero-order chi connectivity index (χ0) is 25.9. The lowest BCUT2D eigenvalue weighted by atomic mass is 9.82. The highest BCUT2D eigenvalue weighted by atomic mass is 16.4. The minimum Gasteiger partial charge on any atom is -0.478 e. The molecule has 0 heterocycles. The van der Waals surface area contributed by atoms with E-state index in [1.807, 2.05) is 0 Å². The SMILES string of the molecule is [CH2]CCCc1cc(C(=O)O)c2c(C(=O)O)ccc3c4ccc(C(=O)O)c5c(C(=O)O)ccc(c1c23)c54. The van der Waals surface area contributed by atoms with Crippen LogP contribution in [0.2, 0.25) is 0 Å². The first-order valence-corrected chi connectivity index (χ1v) is 11.1. The third-order valence-corrected chi connectivity index (χ3v) is 6.70. The number of carbonyl (C=O) groups is 4. The zero-order valence-corrected chi connectivity index (χ0v) is 18.8. The molecule has 5 rings (SSSR count). The predicted molar refractivity (Wildman–Crippen MR) is 134 cm³/mol. The molecule has 0 bridgehead atoms. The molecule has 0 fully saturated rings. The molecule has 0 saturated heterocycles. The van der Waals surface area contributed by atoms with Gasteiger partial charge in [-0.1, -0.05) is 31.5 Å². The van der Waals surface area contributed by atoms with E-state index in [1.54, 1.807) is 18.2 Å². The van der Waals surface area contributed by atoms with Crippen molar-refractivity contribution in [1.29, 1.82) is 0 Å². The standard InChI is InChI=1S/C28H19O8/c1-2-3-4-12-11-19(28(35)36)23-18(27(33)34)9-6-14-13-5-8-16(25(29)30)22-17(26(31)32)10-7-15(21(13)22)20(12)24(14)23/h5-11H,1-4H2,(H,29,30)(H,31,32)(H,33,34)(H,35,36). The summed E-state index contributed by atoms with van der Waals surface area (Å²) < 4.78 is 0. The topological polar surface area (TPSA) is 149 Å². The third kappa shape index (κ3) is 3.15. The van der Waals surface area contributed by atoms with E-state index in [1.165, 1.54) is 24.3 Å². The Labute approximate surface area is 203 Å². The van der Waals surface area contributed by atoms with Gasteiger partial charge in [-0.3, -0.25) is 0 Å². The van der Waals surface area contributed by atoms with Crippen LogP contribution in [-0.4, -0.2) is 44.3 Å². The van der Waals surface area contributed by atoms with Gasteiger partial charge in [0.15, 0.2) is 0 Å². The maximum Gasteiger partial charge on any atom is 0.336 e. The Balaban J connectivity index is 2.18. The number of carboxylic acids is 4. The van der Waals surface area contributed by atoms with Crippen LogP contribution in [0.5, 0.6) is 0 Å². The van der Waals surface area contributed by atoms with Gasteiger partial charge < -0.3 is 20.4 Å². The van der Waals surface area contributed by atoms with Gasteiger partial charge in [-0.05, 0) is 75.0 Å². The molecule has 0 saturated carbocycles. The molecule has 0 atom stereocenters. The Morgan fingerprint density at radius 1 is 0.556 bits per heavy atom. The summed E-state index contributed by atoms with van der Waals surface area (Å²) in [6.45, 7) is 3.86. The number of aryl methyl sites for hydroxylation is 1. The monoisotopic (exact) mass is 483 g/mol. The molecule has 0 amide bonds. The number of carboxylic acid groups (broad SMARTS) is 4. The van der Waals surface area contributed by atoms with E-state index < -0.39 is 23.9 Å². The first-order valence-electron chi connectivity index (χ1n) is 11.1. The second kappa shape index (κ2) is 8.20. The minimum absolute atomic E-state index is 0.0662. The van der Waals surface area contributed by atoms with E-state index in [4.69, 9.17) is 0 Å².